The van der Waals surface area contributed by atoms with E-state index < -0.39 is 6.23 Å². The zero-order valence-electron chi connectivity index (χ0n) is 15.2. The largest absolute Gasteiger partial charge is 0.508 e. The molecule has 0 fully saturated rings. The van der Waals surface area contributed by atoms with Crippen LogP contribution in [0.5, 0.6) is 23.0 Å². The molecule has 0 bridgehead atoms. The first-order valence-corrected chi connectivity index (χ1v) is 9.09. The number of aromatic hydroxyl groups is 1. The van der Waals surface area contributed by atoms with E-state index in [0.29, 0.717) is 28.5 Å². The van der Waals surface area contributed by atoms with E-state index >= 15 is 0 Å². The molecule has 0 saturated heterocycles. The van der Waals surface area contributed by atoms with Gasteiger partial charge < -0.3 is 19.9 Å². The van der Waals surface area contributed by atoms with E-state index in [1.807, 2.05) is 48.5 Å². The van der Waals surface area contributed by atoms with Crippen molar-refractivity contribution in [2.45, 2.75) is 6.23 Å². The third kappa shape index (κ3) is 3.32. The van der Waals surface area contributed by atoms with Gasteiger partial charge in [-0.15, -0.1) is 0 Å². The molecule has 0 aromatic heterocycles. The lowest BCUT2D eigenvalue weighted by Gasteiger charge is -2.28. The van der Waals surface area contributed by atoms with Crippen molar-refractivity contribution in [3.8, 4) is 23.0 Å². The number of carbonyl (C=O) groups is 1. The third-order valence-corrected chi connectivity index (χ3v) is 4.66. The van der Waals surface area contributed by atoms with E-state index in [2.05, 4.69) is 10.3 Å². The van der Waals surface area contributed by atoms with Crippen LogP contribution in [0.2, 0.25) is 0 Å². The molecular formula is C23H16N2O4. The number of rotatable bonds is 3. The number of hydrogen-bond donors (Lipinski definition) is 2. The number of phenols is 1. The summed E-state index contributed by atoms with van der Waals surface area (Å²) in [7, 11) is 0. The number of amides is 1. The average molecular weight is 384 g/mol. The van der Waals surface area contributed by atoms with Crippen molar-refractivity contribution in [3.05, 3.63) is 89.5 Å². The molecule has 0 spiro atoms. The van der Waals surface area contributed by atoms with Gasteiger partial charge in [-0.1, -0.05) is 18.2 Å². The molecule has 142 valence electrons. The lowest BCUT2D eigenvalue weighted by Crippen LogP contribution is -2.43. The van der Waals surface area contributed by atoms with E-state index in [1.54, 1.807) is 30.3 Å². The predicted molar refractivity (Wildman–Crippen MR) is 108 cm³/mol. The normalized spacial score (nSPS) is 17.1. The second-order valence-corrected chi connectivity index (χ2v) is 6.66. The summed E-state index contributed by atoms with van der Waals surface area (Å²) in [6.07, 6.45) is 1.05. The molecule has 3 aromatic rings. The Bertz CT molecular complexity index is 1150. The fourth-order valence-corrected chi connectivity index (χ4v) is 3.23. The van der Waals surface area contributed by atoms with E-state index in [4.69, 9.17) is 9.47 Å². The number of nitrogens with zero attached hydrogens (tertiary/aromatic N) is 1. The second-order valence-electron chi connectivity index (χ2n) is 6.66. The molecule has 5 rings (SSSR count). The Morgan fingerprint density at radius 2 is 1.76 bits per heavy atom. The van der Waals surface area contributed by atoms with Crippen LogP contribution in [0.3, 0.4) is 0 Å². The highest BCUT2D eigenvalue weighted by Gasteiger charge is 2.32. The minimum atomic E-state index is -0.721. The van der Waals surface area contributed by atoms with Crippen LogP contribution >= 0.6 is 0 Å². The topological polar surface area (TPSA) is 80.2 Å². The van der Waals surface area contributed by atoms with Crippen LogP contribution in [-0.4, -0.2) is 23.1 Å². The Morgan fingerprint density at radius 3 is 2.55 bits per heavy atom. The molecule has 29 heavy (non-hydrogen) atoms. The van der Waals surface area contributed by atoms with Gasteiger partial charge in [-0.05, 0) is 60.7 Å². The molecule has 0 saturated carbocycles. The zero-order chi connectivity index (χ0) is 19.8. The van der Waals surface area contributed by atoms with E-state index in [1.165, 1.54) is 0 Å². The summed E-state index contributed by atoms with van der Waals surface area (Å²) < 4.78 is 11.8. The first kappa shape index (κ1) is 17.1. The van der Waals surface area contributed by atoms with Gasteiger partial charge in [-0.2, -0.15) is 0 Å². The highest BCUT2D eigenvalue weighted by molar-refractivity contribution is 6.16. The van der Waals surface area contributed by atoms with Crippen molar-refractivity contribution >= 4 is 17.8 Å². The van der Waals surface area contributed by atoms with Gasteiger partial charge in [-0.3, -0.25) is 4.79 Å². The maximum atomic E-state index is 12.6. The first-order chi connectivity index (χ1) is 14.2. The number of benzene rings is 3. The molecule has 2 aliphatic heterocycles. The van der Waals surface area contributed by atoms with Crippen molar-refractivity contribution in [2.75, 3.05) is 0 Å². The van der Waals surface area contributed by atoms with E-state index in [9.17, 15) is 9.90 Å². The van der Waals surface area contributed by atoms with Crippen LogP contribution in [0.4, 0.5) is 0 Å². The number of carbonyl (C=O) groups excluding carboxylic acids is 1. The second kappa shape index (κ2) is 6.83. The lowest BCUT2D eigenvalue weighted by atomic mass is 10.0. The Balaban J connectivity index is 1.45. The monoisotopic (exact) mass is 384 g/mol. The number of fused-ring (bicyclic) bond motifs is 2. The number of ether oxygens (including phenoxy) is 2. The maximum absolute atomic E-state index is 12.6. The van der Waals surface area contributed by atoms with Gasteiger partial charge in [0.15, 0.2) is 0 Å². The van der Waals surface area contributed by atoms with Crippen LogP contribution < -0.4 is 14.8 Å². The Kier molecular flexibility index (Phi) is 4.02. The minimum absolute atomic E-state index is 0.147. The van der Waals surface area contributed by atoms with Gasteiger partial charge in [0.05, 0.1) is 5.57 Å². The molecule has 3 aromatic carbocycles. The van der Waals surface area contributed by atoms with Crippen molar-refractivity contribution in [1.29, 1.82) is 0 Å². The van der Waals surface area contributed by atoms with E-state index in [0.717, 1.165) is 11.3 Å². The molecule has 1 unspecified atom stereocenters. The molecule has 0 aliphatic carbocycles. The quantitative estimate of drug-likeness (QED) is 0.719. The number of aliphatic imine (C=N–C) groups is 1. The van der Waals surface area contributed by atoms with Crippen LogP contribution in [0.25, 0.3) is 6.08 Å². The average Bonchev–Trinajstić information content (AvgIpc) is 2.74. The van der Waals surface area contributed by atoms with E-state index in [-0.39, 0.29) is 11.7 Å². The Labute approximate surface area is 166 Å². The van der Waals surface area contributed by atoms with Crippen molar-refractivity contribution in [2.24, 2.45) is 4.99 Å². The molecule has 0 radical (unpaired) electrons. The van der Waals surface area contributed by atoms with Gasteiger partial charge in [0.25, 0.3) is 5.91 Å². The van der Waals surface area contributed by atoms with Gasteiger partial charge in [0.2, 0.25) is 6.23 Å². The van der Waals surface area contributed by atoms with Gasteiger partial charge in [0, 0.05) is 11.1 Å². The fourth-order valence-electron chi connectivity index (χ4n) is 3.23. The summed E-state index contributed by atoms with van der Waals surface area (Å²) in [5.74, 6) is 2.29. The molecule has 6 heteroatoms. The third-order valence-electron chi connectivity index (χ3n) is 4.66. The summed E-state index contributed by atoms with van der Waals surface area (Å²) >= 11 is 0. The summed E-state index contributed by atoms with van der Waals surface area (Å²) in [6, 6.07) is 21.4. The SMILES string of the molecule is O=C1NC(c2ccc(O)cc2)=NC2Oc3ccc(Oc4ccccc4)cc3C=C12. The Hall–Kier alpha value is -4.06. The first-order valence-electron chi connectivity index (χ1n) is 9.09. The molecule has 2 N–H and O–H groups in total. The number of amidine groups is 1. The van der Waals surface area contributed by atoms with Gasteiger partial charge >= 0.3 is 0 Å². The number of phenolic OH excluding ortho intramolecular Hbond substituents is 1. The highest BCUT2D eigenvalue weighted by Crippen LogP contribution is 2.35. The van der Waals surface area contributed by atoms with Crippen LogP contribution in [0, 0.1) is 0 Å². The fraction of sp³-hybridized carbons (Fsp3) is 0.0435. The molecule has 2 heterocycles. The van der Waals surface area contributed by atoms with Crippen LogP contribution in [0.1, 0.15) is 11.1 Å². The summed E-state index contributed by atoms with van der Waals surface area (Å²) in [4.78, 5) is 17.2. The van der Waals surface area contributed by atoms with Crippen molar-refractivity contribution in [3.63, 3.8) is 0 Å². The van der Waals surface area contributed by atoms with Crippen molar-refractivity contribution in [1.82, 2.24) is 5.32 Å². The van der Waals surface area contributed by atoms with Crippen LogP contribution in [-0.2, 0) is 4.79 Å². The molecular weight excluding hydrogens is 368 g/mol. The maximum Gasteiger partial charge on any atom is 0.258 e. The zero-order valence-corrected chi connectivity index (χ0v) is 15.2. The number of nitrogens with one attached hydrogen (secondary N) is 1. The smallest absolute Gasteiger partial charge is 0.258 e. The molecule has 2 aliphatic rings. The molecule has 1 amide bonds. The molecule has 1 atom stereocenters. The molecule has 6 nitrogen and oxygen atoms in total. The van der Waals surface area contributed by atoms with Gasteiger partial charge in [-0.25, -0.2) is 4.99 Å². The highest BCUT2D eigenvalue weighted by atomic mass is 16.5. The van der Waals surface area contributed by atoms with Crippen LogP contribution in [0.15, 0.2) is 83.4 Å². The summed E-state index contributed by atoms with van der Waals surface area (Å²) in [6.45, 7) is 0. The van der Waals surface area contributed by atoms with Gasteiger partial charge in [0.1, 0.15) is 28.8 Å². The summed E-state index contributed by atoms with van der Waals surface area (Å²) in [5.41, 5.74) is 1.87. The van der Waals surface area contributed by atoms with Crippen molar-refractivity contribution < 1.29 is 19.4 Å². The number of para-hydroxylation sites is 1. The lowest BCUT2D eigenvalue weighted by molar-refractivity contribution is -0.117. The number of hydrogen-bond acceptors (Lipinski definition) is 5. The summed E-state index contributed by atoms with van der Waals surface area (Å²) in [5, 5.41) is 12.2. The minimum Gasteiger partial charge on any atom is -0.508 e. The Morgan fingerprint density at radius 1 is 0.966 bits per heavy atom. The predicted octanol–water partition coefficient (Wildman–Crippen LogP) is 3.86. The standard InChI is InChI=1S/C23H16N2O4/c26-16-8-6-14(7-9-16)21-24-22(27)19-13-15-12-18(28-17-4-2-1-3-5-17)10-11-20(15)29-23(19)25-21/h1-13,23,26H,(H,24,25,27).